The van der Waals surface area contributed by atoms with E-state index in [0.717, 1.165) is 37.3 Å². The second-order valence-corrected chi connectivity index (χ2v) is 4.62. The van der Waals surface area contributed by atoms with Gasteiger partial charge in [-0.25, -0.2) is 4.98 Å². The van der Waals surface area contributed by atoms with Gasteiger partial charge in [0, 0.05) is 13.7 Å². The largest absolute Gasteiger partial charge is 0.396 e. The number of nitrogens with zero attached hydrogens (tertiary/aromatic N) is 2. The Morgan fingerprint density at radius 1 is 1.33 bits per heavy atom. The van der Waals surface area contributed by atoms with Crippen molar-refractivity contribution in [1.82, 2.24) is 14.9 Å². The van der Waals surface area contributed by atoms with Gasteiger partial charge in [0.05, 0.1) is 11.0 Å². The third-order valence-electron chi connectivity index (χ3n) is 3.27. The van der Waals surface area contributed by atoms with Crippen molar-refractivity contribution in [2.45, 2.75) is 19.8 Å². The van der Waals surface area contributed by atoms with Crippen molar-refractivity contribution in [1.29, 1.82) is 0 Å². The highest BCUT2D eigenvalue weighted by Gasteiger charge is 2.04. The van der Waals surface area contributed by atoms with Crippen molar-refractivity contribution in [2.75, 3.05) is 19.7 Å². The molecule has 1 aromatic heterocycles. The predicted octanol–water partition coefficient (Wildman–Crippen LogP) is 1.40. The van der Waals surface area contributed by atoms with Crippen molar-refractivity contribution in [3.63, 3.8) is 0 Å². The molecule has 0 spiro atoms. The molecular formula is C14H21N3O. The van der Waals surface area contributed by atoms with Crippen molar-refractivity contribution in [3.8, 4) is 0 Å². The van der Waals surface area contributed by atoms with Crippen LogP contribution in [0.5, 0.6) is 0 Å². The Morgan fingerprint density at radius 3 is 2.94 bits per heavy atom. The summed E-state index contributed by atoms with van der Waals surface area (Å²) in [6.07, 6.45) is 1.81. The minimum Gasteiger partial charge on any atom is -0.396 e. The fourth-order valence-corrected chi connectivity index (χ4v) is 2.08. The molecule has 2 rings (SSSR count). The number of benzene rings is 1. The summed E-state index contributed by atoms with van der Waals surface area (Å²) in [7, 11) is 2.04. The van der Waals surface area contributed by atoms with Crippen molar-refractivity contribution in [3.05, 3.63) is 29.6 Å². The number of aryl methyl sites for hydroxylation is 2. The highest BCUT2D eigenvalue weighted by atomic mass is 16.3. The lowest BCUT2D eigenvalue weighted by molar-refractivity contribution is 0.286. The molecule has 0 radical (unpaired) electrons. The molecular weight excluding hydrogens is 226 g/mol. The molecule has 4 nitrogen and oxygen atoms in total. The fraction of sp³-hybridized carbons (Fsp3) is 0.500. The first-order chi connectivity index (χ1) is 8.72. The van der Waals surface area contributed by atoms with Gasteiger partial charge in [-0.05, 0) is 50.6 Å². The molecule has 0 bridgehead atoms. The van der Waals surface area contributed by atoms with Gasteiger partial charge in [0.25, 0.3) is 0 Å². The van der Waals surface area contributed by atoms with E-state index >= 15 is 0 Å². The van der Waals surface area contributed by atoms with E-state index in [2.05, 4.69) is 33.1 Å². The second kappa shape index (κ2) is 5.98. The number of aliphatic hydroxyl groups excluding tert-OH is 1. The summed E-state index contributed by atoms with van der Waals surface area (Å²) in [5.41, 5.74) is 3.56. The van der Waals surface area contributed by atoms with Crippen molar-refractivity contribution < 1.29 is 5.11 Å². The molecule has 0 fully saturated rings. The van der Waals surface area contributed by atoms with Crippen LogP contribution in [0.3, 0.4) is 0 Å². The molecule has 0 saturated carbocycles. The second-order valence-electron chi connectivity index (χ2n) is 4.62. The molecule has 4 heteroatoms. The smallest absolute Gasteiger partial charge is 0.106 e. The van der Waals surface area contributed by atoms with Crippen molar-refractivity contribution >= 4 is 11.0 Å². The number of aliphatic hydroxyl groups is 1. The number of hydrogen-bond acceptors (Lipinski definition) is 3. The first-order valence-corrected chi connectivity index (χ1v) is 6.46. The number of nitrogens with one attached hydrogen (secondary N) is 1. The molecule has 0 unspecified atom stereocenters. The van der Waals surface area contributed by atoms with E-state index in [1.54, 1.807) is 0 Å². The predicted molar refractivity (Wildman–Crippen MR) is 73.7 cm³/mol. The molecule has 98 valence electrons. The van der Waals surface area contributed by atoms with Crippen LogP contribution >= 0.6 is 0 Å². The van der Waals surface area contributed by atoms with Gasteiger partial charge < -0.3 is 15.0 Å². The lowest BCUT2D eigenvalue weighted by Gasteiger charge is -2.04. The highest BCUT2D eigenvalue weighted by molar-refractivity contribution is 5.76. The summed E-state index contributed by atoms with van der Waals surface area (Å²) in [6, 6.07) is 6.46. The number of rotatable bonds is 6. The maximum atomic E-state index is 8.68. The van der Waals surface area contributed by atoms with E-state index in [9.17, 15) is 0 Å². The molecule has 1 heterocycles. The number of hydrogen-bond donors (Lipinski definition) is 2. The maximum Gasteiger partial charge on any atom is 0.106 e. The third kappa shape index (κ3) is 2.89. The van der Waals surface area contributed by atoms with Gasteiger partial charge in [-0.2, -0.15) is 0 Å². The van der Waals surface area contributed by atoms with E-state index in [-0.39, 0.29) is 6.61 Å². The summed E-state index contributed by atoms with van der Waals surface area (Å²) in [5.74, 6) is 1.04. The van der Waals surface area contributed by atoms with Crippen LogP contribution in [0.1, 0.15) is 17.8 Å². The van der Waals surface area contributed by atoms with Crippen LogP contribution < -0.4 is 5.32 Å². The van der Waals surface area contributed by atoms with Crippen LogP contribution in [0.4, 0.5) is 0 Å². The topological polar surface area (TPSA) is 50.1 Å². The van der Waals surface area contributed by atoms with Crippen LogP contribution in [-0.4, -0.2) is 34.4 Å². The number of aromatic nitrogens is 2. The first kappa shape index (κ1) is 13.1. The van der Waals surface area contributed by atoms with Gasteiger partial charge in [-0.3, -0.25) is 0 Å². The third-order valence-corrected chi connectivity index (χ3v) is 3.27. The van der Waals surface area contributed by atoms with Crippen LogP contribution in [0.2, 0.25) is 0 Å². The van der Waals surface area contributed by atoms with Crippen LogP contribution in [0, 0.1) is 6.92 Å². The molecule has 2 aromatic rings. The minimum absolute atomic E-state index is 0.256. The molecule has 0 saturated heterocycles. The first-order valence-electron chi connectivity index (χ1n) is 6.46. The van der Waals surface area contributed by atoms with E-state index in [4.69, 9.17) is 5.11 Å². The number of imidazole rings is 1. The van der Waals surface area contributed by atoms with Crippen molar-refractivity contribution in [2.24, 2.45) is 7.05 Å². The summed E-state index contributed by atoms with van der Waals surface area (Å²) < 4.78 is 2.11. The standard InChI is InChI=1S/C14H21N3O/c1-11-16-13-10-12(4-5-14(13)17(11)2)6-8-15-7-3-9-18/h4-5,10,15,18H,3,6-9H2,1-2H3. The van der Waals surface area contributed by atoms with E-state index in [1.807, 2.05) is 14.0 Å². The molecule has 2 N–H and O–H groups in total. The van der Waals surface area contributed by atoms with Gasteiger partial charge in [-0.15, -0.1) is 0 Å². The molecule has 18 heavy (non-hydrogen) atoms. The Bertz CT molecular complexity index is 519. The molecule has 0 atom stereocenters. The van der Waals surface area contributed by atoms with Gasteiger partial charge in [-0.1, -0.05) is 6.07 Å². The Balaban J connectivity index is 1.98. The lowest BCUT2D eigenvalue weighted by Crippen LogP contribution is -2.19. The molecule has 0 aliphatic carbocycles. The highest BCUT2D eigenvalue weighted by Crippen LogP contribution is 2.16. The summed E-state index contributed by atoms with van der Waals surface area (Å²) >= 11 is 0. The minimum atomic E-state index is 0.256. The van der Waals surface area contributed by atoms with Crippen LogP contribution in [0.25, 0.3) is 11.0 Å². The normalized spacial score (nSPS) is 11.3. The molecule has 0 amide bonds. The van der Waals surface area contributed by atoms with Gasteiger partial charge >= 0.3 is 0 Å². The number of fused-ring (bicyclic) bond motifs is 1. The molecule has 0 aliphatic heterocycles. The fourth-order valence-electron chi connectivity index (χ4n) is 2.08. The Hall–Kier alpha value is -1.39. The maximum absolute atomic E-state index is 8.68. The van der Waals surface area contributed by atoms with E-state index in [0.29, 0.717) is 0 Å². The van der Waals surface area contributed by atoms with Gasteiger partial charge in [0.15, 0.2) is 0 Å². The Kier molecular flexibility index (Phi) is 4.33. The van der Waals surface area contributed by atoms with Gasteiger partial charge in [0.1, 0.15) is 5.82 Å². The quantitative estimate of drug-likeness (QED) is 0.759. The zero-order valence-corrected chi connectivity index (χ0v) is 11.1. The van der Waals surface area contributed by atoms with E-state index < -0.39 is 0 Å². The SMILES string of the molecule is Cc1nc2cc(CCNCCCO)ccc2n1C. The zero-order chi connectivity index (χ0) is 13.0. The Morgan fingerprint density at radius 2 is 2.17 bits per heavy atom. The summed E-state index contributed by atoms with van der Waals surface area (Å²) in [6.45, 7) is 4.10. The molecule has 1 aromatic carbocycles. The lowest BCUT2D eigenvalue weighted by atomic mass is 10.1. The van der Waals surface area contributed by atoms with E-state index in [1.165, 1.54) is 11.1 Å². The van der Waals surface area contributed by atoms with Crippen LogP contribution in [0.15, 0.2) is 18.2 Å². The molecule has 0 aliphatic rings. The monoisotopic (exact) mass is 247 g/mol. The Labute approximate surface area is 108 Å². The average Bonchev–Trinajstić information content (AvgIpc) is 2.65. The summed E-state index contributed by atoms with van der Waals surface area (Å²) in [4.78, 5) is 4.54. The summed E-state index contributed by atoms with van der Waals surface area (Å²) in [5, 5.41) is 12.0. The van der Waals surface area contributed by atoms with Gasteiger partial charge in [0.2, 0.25) is 0 Å². The van der Waals surface area contributed by atoms with Crippen LogP contribution in [-0.2, 0) is 13.5 Å². The average molecular weight is 247 g/mol. The zero-order valence-electron chi connectivity index (χ0n) is 11.1.